The van der Waals surface area contributed by atoms with Crippen LogP contribution in [0.15, 0.2) is 30.3 Å². The van der Waals surface area contributed by atoms with E-state index in [1.165, 1.54) is 0 Å². The molecule has 23 heavy (non-hydrogen) atoms. The van der Waals surface area contributed by atoms with Gasteiger partial charge in [0.05, 0.1) is 0 Å². The minimum atomic E-state index is -4.01. The van der Waals surface area contributed by atoms with Gasteiger partial charge in [-0.1, -0.05) is 50.8 Å². The SMILES string of the molecule is CCCCCCC(NC(=O)c1ccccc1)P(=O)(O)CC(=O)O. The molecule has 6 nitrogen and oxygen atoms in total. The Morgan fingerprint density at radius 2 is 1.83 bits per heavy atom. The van der Waals surface area contributed by atoms with Crippen molar-refractivity contribution in [3.05, 3.63) is 35.9 Å². The molecule has 0 radical (unpaired) electrons. The molecule has 0 aliphatic rings. The fourth-order valence-electron chi connectivity index (χ4n) is 2.27. The molecule has 1 aromatic carbocycles. The fourth-order valence-corrected chi connectivity index (χ4v) is 3.78. The largest absolute Gasteiger partial charge is 0.481 e. The zero-order valence-corrected chi connectivity index (χ0v) is 14.2. The van der Waals surface area contributed by atoms with Crippen LogP contribution in [-0.2, 0) is 9.36 Å². The van der Waals surface area contributed by atoms with Gasteiger partial charge in [0, 0.05) is 5.56 Å². The van der Waals surface area contributed by atoms with Crippen molar-refractivity contribution in [1.29, 1.82) is 0 Å². The van der Waals surface area contributed by atoms with E-state index in [1.807, 2.05) is 0 Å². The van der Waals surface area contributed by atoms with Crippen molar-refractivity contribution in [1.82, 2.24) is 5.32 Å². The first-order valence-electron chi connectivity index (χ1n) is 7.76. The molecular weight excluding hydrogens is 317 g/mol. The smallest absolute Gasteiger partial charge is 0.313 e. The lowest BCUT2D eigenvalue weighted by molar-refractivity contribution is -0.134. The third kappa shape index (κ3) is 6.97. The number of hydrogen-bond donors (Lipinski definition) is 3. The molecule has 0 aliphatic carbocycles. The number of hydrogen-bond acceptors (Lipinski definition) is 3. The predicted octanol–water partition coefficient (Wildman–Crippen LogP) is 3.07. The van der Waals surface area contributed by atoms with E-state index in [0.717, 1.165) is 19.3 Å². The number of aliphatic carboxylic acids is 1. The summed E-state index contributed by atoms with van der Waals surface area (Å²) in [5.41, 5.74) is 0.376. The summed E-state index contributed by atoms with van der Waals surface area (Å²) in [6.07, 6.45) is 3.00. The Kier molecular flexibility index (Phi) is 8.00. The van der Waals surface area contributed by atoms with Gasteiger partial charge in [-0.15, -0.1) is 0 Å². The second-order valence-corrected chi connectivity index (χ2v) is 7.96. The Labute approximate surface area is 136 Å². The summed E-state index contributed by atoms with van der Waals surface area (Å²) in [6.45, 7) is 2.05. The molecule has 0 aromatic heterocycles. The molecule has 2 unspecified atom stereocenters. The molecule has 128 valence electrons. The van der Waals surface area contributed by atoms with E-state index in [9.17, 15) is 19.0 Å². The summed E-state index contributed by atoms with van der Waals surface area (Å²) in [5.74, 6) is -2.85. The highest BCUT2D eigenvalue weighted by atomic mass is 31.2. The van der Waals surface area contributed by atoms with Crippen LogP contribution in [-0.4, -0.2) is 33.8 Å². The highest BCUT2D eigenvalue weighted by Gasteiger charge is 2.34. The van der Waals surface area contributed by atoms with Crippen LogP contribution < -0.4 is 5.32 Å². The van der Waals surface area contributed by atoms with E-state index >= 15 is 0 Å². The first kappa shape index (κ1) is 19.4. The average Bonchev–Trinajstić information content (AvgIpc) is 2.49. The molecule has 2 atom stereocenters. The number of carbonyl (C=O) groups is 2. The van der Waals surface area contributed by atoms with Crippen molar-refractivity contribution in [2.75, 3.05) is 6.16 Å². The van der Waals surface area contributed by atoms with Crippen LogP contribution in [0.5, 0.6) is 0 Å². The van der Waals surface area contributed by atoms with E-state index in [-0.39, 0.29) is 0 Å². The van der Waals surface area contributed by atoms with Gasteiger partial charge in [0.25, 0.3) is 5.91 Å². The van der Waals surface area contributed by atoms with Crippen LogP contribution in [0.1, 0.15) is 49.4 Å². The molecule has 0 saturated carbocycles. The molecule has 0 spiro atoms. The monoisotopic (exact) mass is 341 g/mol. The Hall–Kier alpha value is -1.65. The van der Waals surface area contributed by atoms with Crippen molar-refractivity contribution in [2.45, 2.75) is 44.8 Å². The highest BCUT2D eigenvalue weighted by molar-refractivity contribution is 7.59. The van der Waals surface area contributed by atoms with Gasteiger partial charge >= 0.3 is 5.97 Å². The van der Waals surface area contributed by atoms with Crippen LogP contribution in [0.25, 0.3) is 0 Å². The standard InChI is InChI=1S/C16H24NO5P/c1-2-3-4-8-11-14(23(21,22)12-15(18)19)17-16(20)13-9-6-5-7-10-13/h5-7,9-10,14H,2-4,8,11-12H2,1H3,(H,17,20)(H,18,19)(H,21,22). The van der Waals surface area contributed by atoms with Crippen molar-refractivity contribution in [3.63, 3.8) is 0 Å². The van der Waals surface area contributed by atoms with E-state index in [0.29, 0.717) is 18.4 Å². The molecule has 7 heteroatoms. The molecular formula is C16H24NO5P. The number of unbranched alkanes of at least 4 members (excludes halogenated alkanes) is 3. The third-order valence-corrected chi connectivity index (χ3v) is 5.60. The lowest BCUT2D eigenvalue weighted by Gasteiger charge is -2.23. The zero-order chi connectivity index (χ0) is 17.3. The van der Waals surface area contributed by atoms with Gasteiger partial charge in [0.2, 0.25) is 7.37 Å². The predicted molar refractivity (Wildman–Crippen MR) is 88.8 cm³/mol. The number of rotatable bonds is 10. The molecule has 1 amide bonds. The second kappa shape index (κ2) is 9.48. The summed E-state index contributed by atoms with van der Waals surface area (Å²) in [4.78, 5) is 33.0. The van der Waals surface area contributed by atoms with Crippen molar-refractivity contribution >= 4 is 19.2 Å². The maximum atomic E-state index is 12.3. The normalized spacial score (nSPS) is 14.7. The number of nitrogens with one attached hydrogen (secondary N) is 1. The number of carboxylic acid groups (broad SMARTS) is 1. The van der Waals surface area contributed by atoms with Gasteiger partial charge in [-0.2, -0.15) is 0 Å². The minimum absolute atomic E-state index is 0.291. The van der Waals surface area contributed by atoms with Gasteiger partial charge in [0.15, 0.2) is 0 Å². The number of amides is 1. The highest BCUT2D eigenvalue weighted by Crippen LogP contribution is 2.46. The van der Waals surface area contributed by atoms with E-state index in [4.69, 9.17) is 5.11 Å². The van der Waals surface area contributed by atoms with E-state index < -0.39 is 31.2 Å². The van der Waals surface area contributed by atoms with Crippen LogP contribution >= 0.6 is 7.37 Å². The molecule has 3 N–H and O–H groups in total. The molecule has 1 rings (SSSR count). The molecule has 0 saturated heterocycles. The summed E-state index contributed by atoms with van der Waals surface area (Å²) in [5, 5.41) is 11.4. The van der Waals surface area contributed by atoms with Crippen molar-refractivity contribution in [2.24, 2.45) is 0 Å². The number of carboxylic acids is 1. The first-order chi connectivity index (χ1) is 10.9. The lowest BCUT2D eigenvalue weighted by Crippen LogP contribution is -2.36. The Morgan fingerprint density at radius 1 is 1.17 bits per heavy atom. The average molecular weight is 341 g/mol. The van der Waals surface area contributed by atoms with Crippen LogP contribution in [0.3, 0.4) is 0 Å². The van der Waals surface area contributed by atoms with Gasteiger partial charge in [-0.25, -0.2) is 0 Å². The summed E-state index contributed by atoms with van der Waals surface area (Å²) in [7, 11) is -4.01. The zero-order valence-electron chi connectivity index (χ0n) is 13.3. The van der Waals surface area contributed by atoms with E-state index in [1.54, 1.807) is 30.3 Å². The molecule has 0 bridgehead atoms. The van der Waals surface area contributed by atoms with Crippen molar-refractivity contribution < 1.29 is 24.2 Å². The Morgan fingerprint density at radius 3 is 2.39 bits per heavy atom. The number of benzene rings is 1. The quantitative estimate of drug-likeness (QED) is 0.448. The maximum Gasteiger partial charge on any atom is 0.313 e. The second-order valence-electron chi connectivity index (χ2n) is 5.51. The molecule has 0 fully saturated rings. The topological polar surface area (TPSA) is 104 Å². The Bertz CT molecular complexity index is 561. The van der Waals surface area contributed by atoms with Gasteiger partial charge < -0.3 is 15.3 Å². The fraction of sp³-hybridized carbons (Fsp3) is 0.500. The minimum Gasteiger partial charge on any atom is -0.481 e. The maximum absolute atomic E-state index is 12.3. The van der Waals surface area contributed by atoms with Crippen molar-refractivity contribution in [3.8, 4) is 0 Å². The third-order valence-electron chi connectivity index (χ3n) is 3.51. The van der Waals surface area contributed by atoms with E-state index in [2.05, 4.69) is 12.2 Å². The molecule has 0 aliphatic heterocycles. The molecule has 1 aromatic rings. The Balaban J connectivity index is 2.79. The van der Waals surface area contributed by atoms with Gasteiger partial charge in [0.1, 0.15) is 11.9 Å². The summed E-state index contributed by atoms with van der Waals surface area (Å²) >= 11 is 0. The van der Waals surface area contributed by atoms with Gasteiger partial charge in [-0.05, 0) is 18.6 Å². The molecule has 0 heterocycles. The van der Waals surface area contributed by atoms with Crippen LogP contribution in [0.2, 0.25) is 0 Å². The number of carbonyl (C=O) groups excluding carboxylic acids is 1. The van der Waals surface area contributed by atoms with Crippen LogP contribution in [0.4, 0.5) is 0 Å². The lowest BCUT2D eigenvalue weighted by atomic mass is 10.1. The van der Waals surface area contributed by atoms with Gasteiger partial charge in [-0.3, -0.25) is 14.2 Å². The first-order valence-corrected chi connectivity index (χ1v) is 9.67. The summed E-state index contributed by atoms with van der Waals surface area (Å²) in [6, 6.07) is 8.36. The summed E-state index contributed by atoms with van der Waals surface area (Å²) < 4.78 is 12.3. The van der Waals surface area contributed by atoms with Crippen LogP contribution in [0, 0.1) is 0 Å².